The van der Waals surface area contributed by atoms with Crippen molar-refractivity contribution in [3.63, 3.8) is 0 Å². The van der Waals surface area contributed by atoms with E-state index in [1.165, 1.54) is 9.75 Å². The lowest BCUT2D eigenvalue weighted by Crippen LogP contribution is -2.13. The zero-order chi connectivity index (χ0) is 15.5. The van der Waals surface area contributed by atoms with Crippen LogP contribution in [0.15, 0.2) is 36.4 Å². The average molecular weight is 302 g/mol. The number of carbonyl (C=O) groups is 1. The van der Waals surface area contributed by atoms with Crippen LogP contribution in [0.1, 0.15) is 36.1 Å². The number of thiophene rings is 1. The highest BCUT2D eigenvalue weighted by molar-refractivity contribution is 7.12. The molecule has 21 heavy (non-hydrogen) atoms. The van der Waals surface area contributed by atoms with Crippen LogP contribution >= 0.6 is 11.3 Å². The lowest BCUT2D eigenvalue weighted by Gasteiger charge is -2.15. The molecule has 0 radical (unpaired) electrons. The Hall–Kier alpha value is -1.81. The summed E-state index contributed by atoms with van der Waals surface area (Å²) in [5, 5.41) is 3.40. The molecule has 0 aliphatic heterocycles. The fraction of sp³-hybridized carbons (Fsp3) is 0.353. The second-order valence-corrected chi connectivity index (χ2v) is 7.38. The summed E-state index contributed by atoms with van der Waals surface area (Å²) in [6, 6.07) is 12.2. The summed E-state index contributed by atoms with van der Waals surface area (Å²) in [5.74, 6) is -0.302. The van der Waals surface area contributed by atoms with Crippen molar-refractivity contribution in [3.8, 4) is 0 Å². The molecule has 1 heterocycles. The van der Waals surface area contributed by atoms with Gasteiger partial charge < -0.3 is 11.1 Å². The molecule has 112 valence electrons. The molecule has 1 aromatic heterocycles. The van der Waals surface area contributed by atoms with Crippen molar-refractivity contribution < 1.29 is 4.79 Å². The fourth-order valence-electron chi connectivity index (χ4n) is 2.01. The molecule has 1 amide bonds. The van der Waals surface area contributed by atoms with Crippen molar-refractivity contribution in [2.24, 2.45) is 5.73 Å². The first-order valence-electron chi connectivity index (χ1n) is 7.05. The van der Waals surface area contributed by atoms with Crippen LogP contribution < -0.4 is 11.1 Å². The van der Waals surface area contributed by atoms with Crippen LogP contribution in [0.3, 0.4) is 0 Å². The molecular weight excluding hydrogens is 280 g/mol. The van der Waals surface area contributed by atoms with Gasteiger partial charge in [0, 0.05) is 22.0 Å². The van der Waals surface area contributed by atoms with E-state index in [9.17, 15) is 4.79 Å². The maximum Gasteiger partial charge on any atom is 0.221 e. The SMILES string of the molecule is CC(C)(C)c1ccc(CNc2ccc(CC(N)=O)cc2)s1. The second-order valence-electron chi connectivity index (χ2n) is 6.21. The van der Waals surface area contributed by atoms with Crippen molar-refractivity contribution in [1.82, 2.24) is 0 Å². The molecule has 3 nitrogen and oxygen atoms in total. The van der Waals surface area contributed by atoms with E-state index in [-0.39, 0.29) is 11.3 Å². The maximum absolute atomic E-state index is 10.9. The molecule has 0 saturated heterocycles. The third-order valence-electron chi connectivity index (χ3n) is 3.20. The highest BCUT2D eigenvalue weighted by Crippen LogP contribution is 2.29. The second kappa shape index (κ2) is 6.31. The van der Waals surface area contributed by atoms with Crippen molar-refractivity contribution >= 4 is 22.9 Å². The van der Waals surface area contributed by atoms with Gasteiger partial charge in [0.25, 0.3) is 0 Å². The van der Waals surface area contributed by atoms with E-state index in [1.54, 1.807) is 0 Å². The summed E-state index contributed by atoms with van der Waals surface area (Å²) in [4.78, 5) is 13.6. The Kier molecular flexibility index (Phi) is 4.68. The first-order chi connectivity index (χ1) is 9.84. The Morgan fingerprint density at radius 1 is 1.14 bits per heavy atom. The van der Waals surface area contributed by atoms with E-state index in [0.29, 0.717) is 6.42 Å². The number of primary amides is 1. The number of nitrogens with one attached hydrogen (secondary N) is 1. The lowest BCUT2D eigenvalue weighted by atomic mass is 9.95. The molecule has 0 fully saturated rings. The molecule has 0 aliphatic rings. The lowest BCUT2D eigenvalue weighted by molar-refractivity contribution is -0.117. The number of amides is 1. The van der Waals surface area contributed by atoms with Gasteiger partial charge in [-0.05, 0) is 35.2 Å². The monoisotopic (exact) mass is 302 g/mol. The van der Waals surface area contributed by atoms with Gasteiger partial charge in [0.05, 0.1) is 6.42 Å². The number of hydrogen-bond donors (Lipinski definition) is 2. The highest BCUT2D eigenvalue weighted by atomic mass is 32.1. The van der Waals surface area contributed by atoms with Gasteiger partial charge in [0.2, 0.25) is 5.91 Å². The third-order valence-corrected chi connectivity index (χ3v) is 4.71. The van der Waals surface area contributed by atoms with E-state index < -0.39 is 0 Å². The Balaban J connectivity index is 1.94. The molecule has 0 spiro atoms. The molecule has 0 unspecified atom stereocenters. The molecule has 0 atom stereocenters. The van der Waals surface area contributed by atoms with Gasteiger partial charge >= 0.3 is 0 Å². The molecular formula is C17H22N2OS. The van der Waals surface area contributed by atoms with Gasteiger partial charge in [-0.2, -0.15) is 0 Å². The molecule has 0 bridgehead atoms. The minimum atomic E-state index is -0.302. The van der Waals surface area contributed by atoms with Gasteiger partial charge in [0.15, 0.2) is 0 Å². The average Bonchev–Trinajstić information content (AvgIpc) is 2.86. The van der Waals surface area contributed by atoms with E-state index in [2.05, 4.69) is 38.2 Å². The molecule has 2 aromatic rings. The molecule has 2 rings (SSSR count). The first-order valence-corrected chi connectivity index (χ1v) is 7.86. The van der Waals surface area contributed by atoms with Crippen LogP contribution in [0.5, 0.6) is 0 Å². The van der Waals surface area contributed by atoms with Gasteiger partial charge in [0.1, 0.15) is 0 Å². The number of carbonyl (C=O) groups excluding carboxylic acids is 1. The molecule has 3 N–H and O–H groups in total. The number of nitrogens with two attached hydrogens (primary N) is 1. The number of rotatable bonds is 5. The predicted octanol–water partition coefficient (Wildman–Crippen LogP) is 3.69. The number of benzene rings is 1. The van der Waals surface area contributed by atoms with Crippen LogP contribution in [-0.2, 0) is 23.2 Å². The van der Waals surface area contributed by atoms with Crippen molar-refractivity contribution in [2.75, 3.05) is 5.32 Å². The summed E-state index contributed by atoms with van der Waals surface area (Å²) >= 11 is 1.85. The first kappa shape index (κ1) is 15.6. The summed E-state index contributed by atoms with van der Waals surface area (Å²) < 4.78 is 0. The standard InChI is InChI=1S/C17H22N2OS/c1-17(2,3)15-9-8-14(21-15)11-19-13-6-4-12(5-7-13)10-16(18)20/h4-9,19H,10-11H2,1-3H3,(H2,18,20). The summed E-state index contributed by atoms with van der Waals surface area (Å²) in [5.41, 5.74) is 7.38. The van der Waals surface area contributed by atoms with E-state index in [4.69, 9.17) is 5.73 Å². The number of anilines is 1. The quantitative estimate of drug-likeness (QED) is 0.885. The van der Waals surface area contributed by atoms with Crippen LogP contribution in [0.4, 0.5) is 5.69 Å². The topological polar surface area (TPSA) is 55.1 Å². The van der Waals surface area contributed by atoms with Crippen molar-refractivity contribution in [1.29, 1.82) is 0 Å². The minimum Gasteiger partial charge on any atom is -0.380 e. The van der Waals surface area contributed by atoms with E-state index in [0.717, 1.165) is 17.8 Å². The fourth-order valence-corrected chi connectivity index (χ4v) is 3.01. The van der Waals surface area contributed by atoms with Gasteiger partial charge in [-0.3, -0.25) is 4.79 Å². The predicted molar refractivity (Wildman–Crippen MR) is 89.7 cm³/mol. The zero-order valence-corrected chi connectivity index (χ0v) is 13.6. The summed E-state index contributed by atoms with van der Waals surface area (Å²) in [6.07, 6.45) is 0.292. The van der Waals surface area contributed by atoms with Gasteiger partial charge in [-0.15, -0.1) is 11.3 Å². The maximum atomic E-state index is 10.9. The van der Waals surface area contributed by atoms with Crippen LogP contribution in [0, 0.1) is 0 Å². The van der Waals surface area contributed by atoms with E-state index in [1.807, 2.05) is 35.6 Å². The number of hydrogen-bond acceptors (Lipinski definition) is 3. The largest absolute Gasteiger partial charge is 0.380 e. The van der Waals surface area contributed by atoms with Crippen LogP contribution in [-0.4, -0.2) is 5.91 Å². The van der Waals surface area contributed by atoms with Gasteiger partial charge in [-0.25, -0.2) is 0 Å². The Labute approximate surface area is 130 Å². The Morgan fingerprint density at radius 3 is 2.33 bits per heavy atom. The summed E-state index contributed by atoms with van der Waals surface area (Å²) in [7, 11) is 0. The summed E-state index contributed by atoms with van der Waals surface area (Å²) in [6.45, 7) is 7.50. The van der Waals surface area contributed by atoms with Crippen molar-refractivity contribution in [2.45, 2.75) is 39.2 Å². The molecule has 1 aromatic carbocycles. The van der Waals surface area contributed by atoms with E-state index >= 15 is 0 Å². The Bertz CT molecular complexity index is 608. The normalized spacial score (nSPS) is 11.4. The van der Waals surface area contributed by atoms with Crippen LogP contribution in [0.25, 0.3) is 0 Å². The Morgan fingerprint density at radius 2 is 1.81 bits per heavy atom. The van der Waals surface area contributed by atoms with Crippen LogP contribution in [0.2, 0.25) is 0 Å². The molecule has 0 aliphatic carbocycles. The zero-order valence-electron chi connectivity index (χ0n) is 12.8. The highest BCUT2D eigenvalue weighted by Gasteiger charge is 2.15. The van der Waals surface area contributed by atoms with Crippen molar-refractivity contribution in [3.05, 3.63) is 51.7 Å². The van der Waals surface area contributed by atoms with Gasteiger partial charge in [-0.1, -0.05) is 32.9 Å². The smallest absolute Gasteiger partial charge is 0.221 e. The third kappa shape index (κ3) is 4.60. The minimum absolute atomic E-state index is 0.208. The molecule has 0 saturated carbocycles. The molecule has 4 heteroatoms.